The Hall–Kier alpha value is -1.52. The molecular weight excluding hydrogens is 313 g/mol. The third kappa shape index (κ3) is 5.06. The van der Waals surface area contributed by atoms with Gasteiger partial charge in [0, 0.05) is 11.6 Å². The molecule has 1 N–H and O–H groups in total. The van der Waals surface area contributed by atoms with E-state index in [-0.39, 0.29) is 6.54 Å². The Morgan fingerprint density at radius 3 is 2.43 bits per heavy atom. The quantitative estimate of drug-likeness (QED) is 0.856. The Balaban J connectivity index is 2.98. The van der Waals surface area contributed by atoms with E-state index in [2.05, 4.69) is 0 Å². The van der Waals surface area contributed by atoms with Crippen LogP contribution in [0, 0.1) is 0 Å². The van der Waals surface area contributed by atoms with E-state index < -0.39 is 17.4 Å². The molecule has 1 rings (SSSR count). The number of hydrogen-bond donors (Lipinski definition) is 1. The predicted octanol–water partition coefficient (Wildman–Crippen LogP) is 3.72. The van der Waals surface area contributed by atoms with Crippen LogP contribution >= 0.6 is 23.2 Å². The molecule has 0 aromatic heterocycles. The molecule has 0 fully saturated rings. The van der Waals surface area contributed by atoms with Crippen molar-refractivity contribution >= 4 is 41.2 Å². The standard InChI is InChI=1S/C15H17Cl2NO3/c1-15(2,3)18(9-13(20)21)12(19)8-7-10-5-4-6-11(16)14(10)17/h4-8H,9H2,1-3H3,(H,20,21). The van der Waals surface area contributed by atoms with E-state index in [1.165, 1.54) is 17.1 Å². The summed E-state index contributed by atoms with van der Waals surface area (Å²) in [5.74, 6) is -1.46. The normalized spacial score (nSPS) is 11.7. The monoisotopic (exact) mass is 329 g/mol. The molecule has 1 aromatic carbocycles. The average Bonchev–Trinajstić information content (AvgIpc) is 2.36. The van der Waals surface area contributed by atoms with Gasteiger partial charge in [-0.1, -0.05) is 35.3 Å². The molecule has 0 saturated carbocycles. The maximum absolute atomic E-state index is 12.2. The molecule has 0 atom stereocenters. The molecule has 114 valence electrons. The summed E-state index contributed by atoms with van der Waals surface area (Å²) in [5.41, 5.74) is -0.000468. The van der Waals surface area contributed by atoms with E-state index in [1.807, 2.05) is 0 Å². The molecule has 4 nitrogen and oxygen atoms in total. The molecule has 0 aliphatic heterocycles. The molecule has 0 saturated heterocycles. The number of carbonyl (C=O) groups excluding carboxylic acids is 1. The highest BCUT2D eigenvalue weighted by molar-refractivity contribution is 6.42. The van der Waals surface area contributed by atoms with Crippen LogP contribution in [0.15, 0.2) is 24.3 Å². The first kappa shape index (κ1) is 17.5. The fourth-order valence-corrected chi connectivity index (χ4v) is 2.05. The zero-order chi connectivity index (χ0) is 16.2. The number of aliphatic carboxylic acids is 1. The lowest BCUT2D eigenvalue weighted by molar-refractivity contribution is -0.145. The van der Waals surface area contributed by atoms with Crippen LogP contribution in [0.3, 0.4) is 0 Å². The largest absolute Gasteiger partial charge is 0.480 e. The SMILES string of the molecule is CC(C)(C)N(CC(=O)O)C(=O)C=Cc1cccc(Cl)c1Cl. The smallest absolute Gasteiger partial charge is 0.323 e. The Labute approximate surface area is 134 Å². The first-order chi connectivity index (χ1) is 9.62. The van der Waals surface area contributed by atoms with E-state index in [0.29, 0.717) is 15.6 Å². The van der Waals surface area contributed by atoms with Crippen LogP contribution in [0.25, 0.3) is 6.08 Å². The van der Waals surface area contributed by atoms with Crippen LogP contribution in [0.5, 0.6) is 0 Å². The van der Waals surface area contributed by atoms with Gasteiger partial charge in [-0.15, -0.1) is 0 Å². The summed E-state index contributed by atoms with van der Waals surface area (Å²) in [4.78, 5) is 24.3. The summed E-state index contributed by atoms with van der Waals surface area (Å²) in [5, 5.41) is 9.65. The number of benzene rings is 1. The first-order valence-corrected chi connectivity index (χ1v) is 7.04. The summed E-state index contributed by atoms with van der Waals surface area (Å²) >= 11 is 11.9. The summed E-state index contributed by atoms with van der Waals surface area (Å²) in [6.07, 6.45) is 2.82. The molecule has 1 aromatic rings. The summed E-state index contributed by atoms with van der Waals surface area (Å²) in [6, 6.07) is 5.09. The van der Waals surface area contributed by atoms with Crippen LogP contribution in [0.2, 0.25) is 10.0 Å². The van der Waals surface area contributed by atoms with Crippen molar-refractivity contribution in [3.8, 4) is 0 Å². The molecule has 0 spiro atoms. The van der Waals surface area contributed by atoms with Gasteiger partial charge in [0.25, 0.3) is 0 Å². The molecule has 0 aliphatic carbocycles. The van der Waals surface area contributed by atoms with Crippen LogP contribution in [0.4, 0.5) is 0 Å². The van der Waals surface area contributed by atoms with Crippen molar-refractivity contribution in [1.29, 1.82) is 0 Å². The van der Waals surface area contributed by atoms with Crippen LogP contribution in [0.1, 0.15) is 26.3 Å². The fourth-order valence-electron chi connectivity index (χ4n) is 1.68. The van der Waals surface area contributed by atoms with Gasteiger partial charge < -0.3 is 10.0 Å². The minimum Gasteiger partial charge on any atom is -0.480 e. The molecule has 0 unspecified atom stereocenters. The number of halogens is 2. The highest BCUT2D eigenvalue weighted by Crippen LogP contribution is 2.26. The van der Waals surface area contributed by atoms with E-state index >= 15 is 0 Å². The van der Waals surface area contributed by atoms with Gasteiger partial charge in [0.2, 0.25) is 5.91 Å². The molecule has 21 heavy (non-hydrogen) atoms. The van der Waals surface area contributed by atoms with E-state index in [4.69, 9.17) is 28.3 Å². The van der Waals surface area contributed by atoms with Crippen molar-refractivity contribution in [3.05, 3.63) is 39.9 Å². The van der Waals surface area contributed by atoms with Crippen LogP contribution < -0.4 is 0 Å². The number of carboxylic acid groups (broad SMARTS) is 1. The lowest BCUT2D eigenvalue weighted by atomic mass is 10.1. The zero-order valence-electron chi connectivity index (χ0n) is 12.1. The van der Waals surface area contributed by atoms with Gasteiger partial charge >= 0.3 is 5.97 Å². The minimum atomic E-state index is -1.06. The molecule has 0 bridgehead atoms. The van der Waals surface area contributed by atoms with Crippen molar-refractivity contribution in [2.24, 2.45) is 0 Å². The zero-order valence-corrected chi connectivity index (χ0v) is 13.6. The molecule has 0 radical (unpaired) electrons. The van der Waals surface area contributed by atoms with Gasteiger partial charge in [0.1, 0.15) is 6.54 Å². The van der Waals surface area contributed by atoms with Crippen molar-refractivity contribution in [1.82, 2.24) is 4.90 Å². The van der Waals surface area contributed by atoms with Gasteiger partial charge in [-0.05, 0) is 38.5 Å². The number of carbonyl (C=O) groups is 2. The Kier molecular flexibility index (Phi) is 5.81. The number of rotatable bonds is 4. The predicted molar refractivity (Wildman–Crippen MR) is 84.6 cm³/mol. The van der Waals surface area contributed by atoms with Gasteiger partial charge in [-0.2, -0.15) is 0 Å². The number of amides is 1. The second-order valence-electron chi connectivity index (χ2n) is 5.47. The lowest BCUT2D eigenvalue weighted by Gasteiger charge is -2.33. The van der Waals surface area contributed by atoms with Crippen molar-refractivity contribution in [2.75, 3.05) is 6.54 Å². The number of nitrogens with zero attached hydrogens (tertiary/aromatic N) is 1. The average molecular weight is 330 g/mol. The number of hydrogen-bond acceptors (Lipinski definition) is 2. The first-order valence-electron chi connectivity index (χ1n) is 6.28. The third-order valence-corrected chi connectivity index (χ3v) is 3.59. The summed E-state index contributed by atoms with van der Waals surface area (Å²) in [7, 11) is 0. The van der Waals surface area contributed by atoms with Gasteiger partial charge in [0.05, 0.1) is 10.0 Å². The van der Waals surface area contributed by atoms with Gasteiger partial charge in [0.15, 0.2) is 0 Å². The summed E-state index contributed by atoms with van der Waals surface area (Å²) in [6.45, 7) is 4.95. The molecule has 0 aliphatic rings. The van der Waals surface area contributed by atoms with Crippen molar-refractivity contribution in [2.45, 2.75) is 26.3 Å². The summed E-state index contributed by atoms with van der Waals surface area (Å²) < 4.78 is 0. The van der Waals surface area contributed by atoms with Crippen molar-refractivity contribution < 1.29 is 14.7 Å². The van der Waals surface area contributed by atoms with E-state index in [1.54, 1.807) is 39.0 Å². The Bertz CT molecular complexity index is 577. The van der Waals surface area contributed by atoms with E-state index in [9.17, 15) is 9.59 Å². The Morgan fingerprint density at radius 1 is 1.29 bits per heavy atom. The fraction of sp³-hybridized carbons (Fsp3) is 0.333. The molecular formula is C15H17Cl2NO3. The van der Waals surface area contributed by atoms with Gasteiger partial charge in [-0.25, -0.2) is 0 Å². The second kappa shape index (κ2) is 6.96. The van der Waals surface area contributed by atoms with E-state index in [0.717, 1.165) is 0 Å². The van der Waals surface area contributed by atoms with Crippen LogP contribution in [-0.2, 0) is 9.59 Å². The maximum Gasteiger partial charge on any atom is 0.323 e. The second-order valence-corrected chi connectivity index (χ2v) is 6.25. The molecule has 6 heteroatoms. The topological polar surface area (TPSA) is 57.6 Å². The van der Waals surface area contributed by atoms with Crippen LogP contribution in [-0.4, -0.2) is 34.0 Å². The maximum atomic E-state index is 12.2. The highest BCUT2D eigenvalue weighted by atomic mass is 35.5. The number of carboxylic acids is 1. The molecule has 1 amide bonds. The molecule has 0 heterocycles. The van der Waals surface area contributed by atoms with Gasteiger partial charge in [-0.3, -0.25) is 9.59 Å². The minimum absolute atomic E-state index is 0.351. The Morgan fingerprint density at radius 2 is 1.90 bits per heavy atom. The van der Waals surface area contributed by atoms with Crippen molar-refractivity contribution in [3.63, 3.8) is 0 Å². The third-order valence-electron chi connectivity index (χ3n) is 2.76. The lowest BCUT2D eigenvalue weighted by Crippen LogP contribution is -2.47. The highest BCUT2D eigenvalue weighted by Gasteiger charge is 2.26.